The Balaban J connectivity index is 1.34. The minimum absolute atomic E-state index is 0.574. The molecule has 3 aromatic heterocycles. The van der Waals surface area contributed by atoms with Crippen LogP contribution in [0.25, 0.3) is 83.7 Å². The molecule has 3 heterocycles. The molecular formula is C49H29N5. The van der Waals surface area contributed by atoms with Gasteiger partial charge in [-0.3, -0.25) is 9.55 Å². The van der Waals surface area contributed by atoms with Crippen molar-refractivity contribution in [2.45, 2.75) is 5.41 Å². The highest BCUT2D eigenvalue weighted by Gasteiger charge is 2.54. The molecule has 0 atom stereocenters. The molecule has 1 spiro atoms. The van der Waals surface area contributed by atoms with Crippen LogP contribution < -0.4 is 0 Å². The Labute approximate surface area is 310 Å². The highest BCUT2D eigenvalue weighted by atomic mass is 15.2. The number of para-hydroxylation sites is 1. The molecule has 54 heavy (non-hydrogen) atoms. The molecule has 5 nitrogen and oxygen atoms in total. The molecule has 0 fully saturated rings. The van der Waals surface area contributed by atoms with Gasteiger partial charge in [0.05, 0.1) is 22.1 Å². The van der Waals surface area contributed by atoms with E-state index in [1.54, 1.807) is 0 Å². The van der Waals surface area contributed by atoms with Crippen LogP contribution in [0.1, 0.15) is 22.3 Å². The highest BCUT2D eigenvalue weighted by Crippen LogP contribution is 2.65. The Kier molecular flexibility index (Phi) is 5.92. The van der Waals surface area contributed by atoms with Crippen molar-refractivity contribution in [3.63, 3.8) is 0 Å². The minimum Gasteiger partial charge on any atom is -0.277 e. The van der Waals surface area contributed by atoms with Gasteiger partial charge in [0.2, 0.25) is 5.95 Å². The maximum Gasteiger partial charge on any atom is 0.238 e. The highest BCUT2D eigenvalue weighted by molar-refractivity contribution is 6.27. The van der Waals surface area contributed by atoms with Crippen LogP contribution in [-0.4, -0.2) is 24.5 Å². The van der Waals surface area contributed by atoms with Crippen LogP contribution in [-0.2, 0) is 5.41 Å². The maximum atomic E-state index is 5.36. The van der Waals surface area contributed by atoms with Gasteiger partial charge in [-0.05, 0) is 50.7 Å². The molecule has 0 amide bonds. The van der Waals surface area contributed by atoms with E-state index in [0.717, 1.165) is 38.8 Å². The number of nitrogens with zero attached hydrogens (tertiary/aromatic N) is 5. The molecule has 0 unspecified atom stereocenters. The summed E-state index contributed by atoms with van der Waals surface area (Å²) in [5.74, 6) is 1.82. The second-order valence-electron chi connectivity index (χ2n) is 14.1. The monoisotopic (exact) mass is 687 g/mol. The van der Waals surface area contributed by atoms with Gasteiger partial charge in [-0.1, -0.05) is 158 Å². The van der Waals surface area contributed by atoms with Crippen LogP contribution in [0.4, 0.5) is 0 Å². The van der Waals surface area contributed by atoms with Crippen molar-refractivity contribution in [1.82, 2.24) is 24.5 Å². The number of fused-ring (bicyclic) bond motifs is 17. The summed E-state index contributed by atoms with van der Waals surface area (Å²) in [7, 11) is 0. The van der Waals surface area contributed by atoms with Crippen LogP contribution in [0.3, 0.4) is 0 Å². The van der Waals surface area contributed by atoms with Crippen molar-refractivity contribution in [2.24, 2.45) is 0 Å². The van der Waals surface area contributed by atoms with E-state index in [4.69, 9.17) is 19.9 Å². The summed E-state index contributed by atoms with van der Waals surface area (Å²) < 4.78 is 2.31. The Morgan fingerprint density at radius 2 is 0.981 bits per heavy atom. The maximum absolute atomic E-state index is 5.36. The van der Waals surface area contributed by atoms with E-state index < -0.39 is 5.41 Å². The van der Waals surface area contributed by atoms with E-state index >= 15 is 0 Å². The SMILES string of the molecule is c1ccc(-c2nc(-c3ccccc3)nc(-n3c4ccccc4c4c5ccccc5c5c(c43)C3(c4ccccc4-c4ccccc43)c3cccnc3-5)n2)cc1. The summed E-state index contributed by atoms with van der Waals surface area (Å²) in [5.41, 5.74) is 12.9. The van der Waals surface area contributed by atoms with Crippen molar-refractivity contribution >= 4 is 32.6 Å². The first-order chi connectivity index (χ1) is 26.8. The fourth-order valence-electron chi connectivity index (χ4n) is 9.47. The molecule has 2 aliphatic rings. The molecule has 250 valence electrons. The van der Waals surface area contributed by atoms with Crippen molar-refractivity contribution < 1.29 is 0 Å². The van der Waals surface area contributed by atoms with E-state index in [2.05, 4.69) is 138 Å². The largest absolute Gasteiger partial charge is 0.277 e. The zero-order valence-corrected chi connectivity index (χ0v) is 29.0. The number of benzene rings is 7. The first kappa shape index (κ1) is 29.3. The summed E-state index contributed by atoms with van der Waals surface area (Å²) in [4.78, 5) is 21.0. The predicted octanol–water partition coefficient (Wildman–Crippen LogP) is 11.2. The molecule has 2 aliphatic carbocycles. The van der Waals surface area contributed by atoms with Crippen LogP contribution in [0.2, 0.25) is 0 Å². The fraction of sp³-hybridized carbons (Fsp3) is 0.0204. The lowest BCUT2D eigenvalue weighted by molar-refractivity contribution is 0.793. The standard InChI is InChI=1S/C49H29N5/c1-3-16-30(17-4-1)46-51-47(31-18-5-2-6-19-31)53-48(52-46)54-40-28-14-11-24-36(40)41-34-22-7-8-23-35(34)42-43(45(41)54)49(39-27-15-29-50-44(39)42)37-25-12-9-20-32(37)33-21-10-13-26-38(33)49/h1-29H. The molecule has 7 aromatic carbocycles. The fourth-order valence-corrected chi connectivity index (χ4v) is 9.47. The molecule has 12 rings (SSSR count). The third-order valence-electron chi connectivity index (χ3n) is 11.5. The Hall–Kier alpha value is -7.24. The number of hydrogen-bond acceptors (Lipinski definition) is 4. The van der Waals surface area contributed by atoms with Crippen molar-refractivity contribution in [2.75, 3.05) is 0 Å². The molecule has 0 bridgehead atoms. The molecule has 10 aromatic rings. The molecule has 0 saturated heterocycles. The van der Waals surface area contributed by atoms with Gasteiger partial charge in [0, 0.05) is 39.2 Å². The van der Waals surface area contributed by atoms with Crippen molar-refractivity contribution in [3.8, 4) is 51.1 Å². The summed E-state index contributed by atoms with van der Waals surface area (Å²) in [6.45, 7) is 0. The minimum atomic E-state index is -0.641. The smallest absolute Gasteiger partial charge is 0.238 e. The molecule has 0 saturated carbocycles. The molecule has 0 aliphatic heterocycles. The van der Waals surface area contributed by atoms with Gasteiger partial charge in [-0.15, -0.1) is 0 Å². The third kappa shape index (κ3) is 3.72. The van der Waals surface area contributed by atoms with Crippen LogP contribution in [0.5, 0.6) is 0 Å². The van der Waals surface area contributed by atoms with Gasteiger partial charge in [0.1, 0.15) is 0 Å². The van der Waals surface area contributed by atoms with E-state index in [-0.39, 0.29) is 0 Å². The zero-order chi connectivity index (χ0) is 35.4. The van der Waals surface area contributed by atoms with Crippen LogP contribution in [0.15, 0.2) is 176 Å². The topological polar surface area (TPSA) is 56.5 Å². The zero-order valence-electron chi connectivity index (χ0n) is 29.0. The van der Waals surface area contributed by atoms with Gasteiger partial charge in [0.15, 0.2) is 11.6 Å². The Morgan fingerprint density at radius 3 is 1.65 bits per heavy atom. The second-order valence-corrected chi connectivity index (χ2v) is 14.1. The first-order valence-corrected chi connectivity index (χ1v) is 18.3. The van der Waals surface area contributed by atoms with Gasteiger partial charge in [0.25, 0.3) is 0 Å². The first-order valence-electron chi connectivity index (χ1n) is 18.3. The lowest BCUT2D eigenvalue weighted by Crippen LogP contribution is -2.27. The predicted molar refractivity (Wildman–Crippen MR) is 217 cm³/mol. The number of pyridine rings is 1. The normalized spacial score (nSPS) is 13.3. The van der Waals surface area contributed by atoms with Gasteiger partial charge in [-0.2, -0.15) is 9.97 Å². The van der Waals surface area contributed by atoms with E-state index in [1.807, 2.05) is 42.6 Å². The van der Waals surface area contributed by atoms with Crippen LogP contribution in [0, 0.1) is 0 Å². The Bertz CT molecular complexity index is 3060. The second kappa shape index (κ2) is 10.9. The molecule has 5 heteroatoms. The third-order valence-corrected chi connectivity index (χ3v) is 11.5. The number of hydrogen-bond donors (Lipinski definition) is 0. The summed E-state index contributed by atoms with van der Waals surface area (Å²) >= 11 is 0. The molecular weight excluding hydrogens is 659 g/mol. The number of aromatic nitrogens is 5. The molecule has 0 N–H and O–H groups in total. The van der Waals surface area contributed by atoms with E-state index in [9.17, 15) is 0 Å². The summed E-state index contributed by atoms with van der Waals surface area (Å²) in [6, 6.07) is 60.2. The lowest BCUT2D eigenvalue weighted by Gasteiger charge is -2.31. The van der Waals surface area contributed by atoms with Crippen molar-refractivity contribution in [3.05, 3.63) is 198 Å². The van der Waals surface area contributed by atoms with Crippen molar-refractivity contribution in [1.29, 1.82) is 0 Å². The van der Waals surface area contributed by atoms with Gasteiger partial charge >= 0.3 is 0 Å². The Morgan fingerprint density at radius 1 is 0.444 bits per heavy atom. The molecule has 0 radical (unpaired) electrons. The van der Waals surface area contributed by atoms with E-state index in [1.165, 1.54) is 49.5 Å². The lowest BCUT2D eigenvalue weighted by atomic mass is 9.70. The quantitative estimate of drug-likeness (QED) is 0.186. The summed E-state index contributed by atoms with van der Waals surface area (Å²) in [6.07, 6.45) is 1.94. The van der Waals surface area contributed by atoms with Gasteiger partial charge < -0.3 is 0 Å². The average Bonchev–Trinajstić information content (AvgIpc) is 3.87. The summed E-state index contributed by atoms with van der Waals surface area (Å²) in [5, 5.41) is 4.69. The average molecular weight is 688 g/mol. The van der Waals surface area contributed by atoms with Gasteiger partial charge in [-0.25, -0.2) is 4.98 Å². The number of rotatable bonds is 3. The van der Waals surface area contributed by atoms with Crippen LogP contribution >= 0.6 is 0 Å². The van der Waals surface area contributed by atoms with E-state index in [0.29, 0.717) is 17.6 Å².